The Kier molecular flexibility index (Phi) is 2.76. The Morgan fingerprint density at radius 3 is 2.77 bits per heavy atom. The summed E-state index contributed by atoms with van der Waals surface area (Å²) in [4.78, 5) is 9.47. The first-order valence-corrected chi connectivity index (χ1v) is 7.43. The number of nitrogens with zero attached hydrogens (tertiary/aromatic N) is 4. The Labute approximate surface area is 128 Å². The molecule has 22 heavy (non-hydrogen) atoms. The Bertz CT molecular complexity index is 977. The summed E-state index contributed by atoms with van der Waals surface area (Å²) in [6.07, 6.45) is 1.84. The maximum absolute atomic E-state index is 4.77. The molecule has 3 aromatic heterocycles. The third-order valence-electron chi connectivity index (χ3n) is 3.87. The van der Waals surface area contributed by atoms with Crippen LogP contribution in [0.25, 0.3) is 27.8 Å². The van der Waals surface area contributed by atoms with Gasteiger partial charge in [-0.1, -0.05) is 13.8 Å². The van der Waals surface area contributed by atoms with Crippen molar-refractivity contribution < 1.29 is 0 Å². The summed E-state index contributed by atoms with van der Waals surface area (Å²) in [6, 6.07) is 10.3. The van der Waals surface area contributed by atoms with Gasteiger partial charge in [0.05, 0.1) is 11.7 Å². The van der Waals surface area contributed by atoms with Gasteiger partial charge in [0.15, 0.2) is 5.65 Å². The molecule has 0 aliphatic carbocycles. The molecule has 5 heteroatoms. The molecule has 0 saturated carbocycles. The maximum atomic E-state index is 4.77. The molecular formula is C17H17N5. The van der Waals surface area contributed by atoms with Crippen LogP contribution >= 0.6 is 0 Å². The van der Waals surface area contributed by atoms with E-state index in [2.05, 4.69) is 40.7 Å². The van der Waals surface area contributed by atoms with Gasteiger partial charge in [-0.15, -0.1) is 0 Å². The van der Waals surface area contributed by atoms with Crippen molar-refractivity contribution in [3.05, 3.63) is 48.0 Å². The summed E-state index contributed by atoms with van der Waals surface area (Å²) < 4.78 is 2.15. The third-order valence-corrected chi connectivity index (χ3v) is 3.87. The molecule has 0 saturated heterocycles. The lowest BCUT2D eigenvalue weighted by Gasteiger charge is -2.11. The molecule has 0 radical (unpaired) electrons. The lowest BCUT2D eigenvalue weighted by Crippen LogP contribution is -2.04. The fourth-order valence-corrected chi connectivity index (χ4v) is 2.78. The molecule has 0 amide bonds. The zero-order valence-electron chi connectivity index (χ0n) is 12.8. The zero-order chi connectivity index (χ0) is 15.3. The number of fused-ring (bicyclic) bond motifs is 2. The van der Waals surface area contributed by atoms with E-state index >= 15 is 0 Å². The highest BCUT2D eigenvalue weighted by Crippen LogP contribution is 2.26. The van der Waals surface area contributed by atoms with Crippen molar-refractivity contribution in [2.45, 2.75) is 26.7 Å². The number of hydrogen-bond donors (Lipinski definition) is 1. The Morgan fingerprint density at radius 2 is 1.95 bits per heavy atom. The van der Waals surface area contributed by atoms with Gasteiger partial charge in [-0.05, 0) is 37.3 Å². The SMILES string of the molecule is Cc1ccc2nc(C(C)C)n(-c3ccc4[nH]ncc4c3)c2n1. The lowest BCUT2D eigenvalue weighted by molar-refractivity contribution is 0.758. The van der Waals surface area contributed by atoms with Crippen molar-refractivity contribution in [3.8, 4) is 5.69 Å². The van der Waals surface area contributed by atoms with Crippen molar-refractivity contribution in [1.82, 2.24) is 24.7 Å². The minimum Gasteiger partial charge on any atom is -0.280 e. The summed E-state index contributed by atoms with van der Waals surface area (Å²) in [5.74, 6) is 1.34. The number of pyridine rings is 1. The molecular weight excluding hydrogens is 274 g/mol. The van der Waals surface area contributed by atoms with E-state index in [0.29, 0.717) is 5.92 Å². The van der Waals surface area contributed by atoms with Crippen LogP contribution in [-0.4, -0.2) is 24.7 Å². The van der Waals surface area contributed by atoms with Crippen molar-refractivity contribution >= 4 is 22.1 Å². The van der Waals surface area contributed by atoms with E-state index < -0.39 is 0 Å². The van der Waals surface area contributed by atoms with Crippen LogP contribution in [0.3, 0.4) is 0 Å². The zero-order valence-corrected chi connectivity index (χ0v) is 12.8. The van der Waals surface area contributed by atoms with E-state index in [1.54, 1.807) is 0 Å². The predicted molar refractivity (Wildman–Crippen MR) is 87.3 cm³/mol. The molecule has 4 aromatic rings. The summed E-state index contributed by atoms with van der Waals surface area (Å²) in [5.41, 5.74) is 4.93. The van der Waals surface area contributed by atoms with E-state index in [-0.39, 0.29) is 0 Å². The molecule has 5 nitrogen and oxygen atoms in total. The highest BCUT2D eigenvalue weighted by molar-refractivity contribution is 5.82. The van der Waals surface area contributed by atoms with E-state index in [9.17, 15) is 0 Å². The van der Waals surface area contributed by atoms with Gasteiger partial charge in [0.25, 0.3) is 0 Å². The molecule has 0 bridgehead atoms. The monoisotopic (exact) mass is 291 g/mol. The van der Waals surface area contributed by atoms with Crippen molar-refractivity contribution in [1.29, 1.82) is 0 Å². The van der Waals surface area contributed by atoms with Crippen LogP contribution in [0, 0.1) is 6.92 Å². The van der Waals surface area contributed by atoms with Crippen molar-refractivity contribution in [2.24, 2.45) is 0 Å². The highest BCUT2D eigenvalue weighted by atomic mass is 15.1. The van der Waals surface area contributed by atoms with Gasteiger partial charge in [0, 0.05) is 22.7 Å². The average Bonchev–Trinajstić information content (AvgIpc) is 3.09. The molecule has 1 N–H and O–H groups in total. The van der Waals surface area contributed by atoms with Gasteiger partial charge >= 0.3 is 0 Å². The van der Waals surface area contributed by atoms with E-state index in [0.717, 1.165) is 39.3 Å². The second kappa shape index (κ2) is 4.66. The van der Waals surface area contributed by atoms with Gasteiger partial charge in [0.2, 0.25) is 0 Å². The van der Waals surface area contributed by atoms with Crippen LogP contribution < -0.4 is 0 Å². The van der Waals surface area contributed by atoms with E-state index in [1.807, 2.05) is 31.3 Å². The highest BCUT2D eigenvalue weighted by Gasteiger charge is 2.16. The number of aromatic nitrogens is 5. The summed E-state index contributed by atoms with van der Waals surface area (Å²) in [7, 11) is 0. The summed E-state index contributed by atoms with van der Waals surface area (Å²) >= 11 is 0. The van der Waals surface area contributed by atoms with Crippen molar-refractivity contribution in [2.75, 3.05) is 0 Å². The first-order valence-electron chi connectivity index (χ1n) is 7.43. The molecule has 0 fully saturated rings. The van der Waals surface area contributed by atoms with Crippen molar-refractivity contribution in [3.63, 3.8) is 0 Å². The molecule has 0 aliphatic rings. The number of hydrogen-bond acceptors (Lipinski definition) is 3. The first kappa shape index (κ1) is 13.0. The van der Waals surface area contributed by atoms with Crippen LogP contribution in [0.2, 0.25) is 0 Å². The summed E-state index contributed by atoms with van der Waals surface area (Å²) in [6.45, 7) is 6.31. The van der Waals surface area contributed by atoms with E-state index in [1.165, 1.54) is 0 Å². The van der Waals surface area contributed by atoms with Crippen LogP contribution in [0.4, 0.5) is 0 Å². The summed E-state index contributed by atoms with van der Waals surface area (Å²) in [5, 5.41) is 8.16. The molecule has 3 heterocycles. The predicted octanol–water partition coefficient (Wildman–Crippen LogP) is 3.73. The second-order valence-corrected chi connectivity index (χ2v) is 5.90. The number of H-pyrrole nitrogens is 1. The number of benzene rings is 1. The maximum Gasteiger partial charge on any atom is 0.164 e. The Morgan fingerprint density at radius 1 is 1.09 bits per heavy atom. The molecule has 4 rings (SSSR count). The topological polar surface area (TPSA) is 59.4 Å². The van der Waals surface area contributed by atoms with Gasteiger partial charge in [-0.3, -0.25) is 9.67 Å². The Balaban J connectivity index is 2.06. The minimum absolute atomic E-state index is 0.314. The standard InChI is InChI=1S/C17H17N5/c1-10(2)16-20-15-6-4-11(3)19-17(15)22(16)13-5-7-14-12(8-13)9-18-21-14/h4-10H,1-3H3,(H,18,21). The average molecular weight is 291 g/mol. The molecule has 0 atom stereocenters. The quantitative estimate of drug-likeness (QED) is 0.612. The fraction of sp³-hybridized carbons (Fsp3) is 0.235. The fourth-order valence-electron chi connectivity index (χ4n) is 2.78. The molecule has 0 aliphatic heterocycles. The first-order chi connectivity index (χ1) is 10.6. The number of rotatable bonds is 2. The minimum atomic E-state index is 0.314. The number of aromatic amines is 1. The second-order valence-electron chi connectivity index (χ2n) is 5.90. The molecule has 110 valence electrons. The largest absolute Gasteiger partial charge is 0.280 e. The van der Waals surface area contributed by atoms with Crippen LogP contribution in [0.1, 0.15) is 31.3 Å². The van der Waals surface area contributed by atoms with Gasteiger partial charge in [-0.25, -0.2) is 9.97 Å². The van der Waals surface area contributed by atoms with Crippen LogP contribution in [-0.2, 0) is 0 Å². The smallest absolute Gasteiger partial charge is 0.164 e. The van der Waals surface area contributed by atoms with Gasteiger partial charge in [0.1, 0.15) is 11.3 Å². The molecule has 1 aromatic carbocycles. The lowest BCUT2D eigenvalue weighted by atomic mass is 10.2. The molecule has 0 spiro atoms. The van der Waals surface area contributed by atoms with Crippen LogP contribution in [0.15, 0.2) is 36.5 Å². The van der Waals surface area contributed by atoms with Gasteiger partial charge in [-0.2, -0.15) is 5.10 Å². The number of imidazole rings is 1. The third kappa shape index (κ3) is 1.89. The van der Waals surface area contributed by atoms with Crippen LogP contribution in [0.5, 0.6) is 0 Å². The Hall–Kier alpha value is -2.69. The number of nitrogens with one attached hydrogen (secondary N) is 1. The number of aryl methyl sites for hydroxylation is 1. The normalized spacial score (nSPS) is 11.8. The molecule has 0 unspecified atom stereocenters. The van der Waals surface area contributed by atoms with E-state index in [4.69, 9.17) is 9.97 Å². The van der Waals surface area contributed by atoms with Gasteiger partial charge < -0.3 is 0 Å².